The van der Waals surface area contributed by atoms with E-state index in [1.54, 1.807) is 12.1 Å². The van der Waals surface area contributed by atoms with Crippen molar-refractivity contribution < 1.29 is 9.18 Å². The number of rotatable bonds is 6. The molecule has 0 bridgehead atoms. The first-order chi connectivity index (χ1) is 14.1. The summed E-state index contributed by atoms with van der Waals surface area (Å²) in [5.41, 5.74) is 2.58. The Morgan fingerprint density at radius 3 is 2.33 bits per heavy atom. The molecule has 0 saturated heterocycles. The number of amides is 1. The lowest BCUT2D eigenvalue weighted by Crippen LogP contribution is -2.37. The van der Waals surface area contributed by atoms with E-state index in [0.717, 1.165) is 22.0 Å². The maximum atomic E-state index is 13.2. The van der Waals surface area contributed by atoms with Crippen LogP contribution in [0.5, 0.6) is 0 Å². The van der Waals surface area contributed by atoms with Crippen LogP contribution in [0.2, 0.25) is 0 Å². The first-order valence-electron chi connectivity index (χ1n) is 9.85. The van der Waals surface area contributed by atoms with Crippen LogP contribution in [0.3, 0.4) is 0 Å². The number of benzene rings is 2. The molecule has 1 heterocycles. The monoisotopic (exact) mass is 426 g/mol. The number of carbonyl (C=O) groups is 1. The molecule has 0 fully saturated rings. The summed E-state index contributed by atoms with van der Waals surface area (Å²) >= 11 is 1.52. The van der Waals surface area contributed by atoms with E-state index in [4.69, 9.17) is 0 Å². The van der Waals surface area contributed by atoms with Gasteiger partial charge in [-0.15, -0.1) is 10.2 Å². The number of carbonyl (C=O) groups excluding carboxylic acids is 1. The molecule has 158 valence electrons. The van der Waals surface area contributed by atoms with E-state index >= 15 is 0 Å². The number of hydrogen-bond acceptors (Lipinski definition) is 4. The molecule has 7 heteroatoms. The topological polar surface area (TPSA) is 59.8 Å². The molecule has 2 aromatic carbocycles. The lowest BCUT2D eigenvalue weighted by Gasteiger charge is -2.22. The zero-order valence-electron chi connectivity index (χ0n) is 17.9. The highest BCUT2D eigenvalue weighted by molar-refractivity contribution is 7.98. The van der Waals surface area contributed by atoms with Gasteiger partial charge in [-0.1, -0.05) is 62.4 Å². The van der Waals surface area contributed by atoms with Crippen LogP contribution in [0, 0.1) is 18.2 Å². The van der Waals surface area contributed by atoms with Crippen molar-refractivity contribution in [1.29, 1.82) is 0 Å². The van der Waals surface area contributed by atoms with E-state index < -0.39 is 5.41 Å². The van der Waals surface area contributed by atoms with Crippen molar-refractivity contribution in [3.63, 3.8) is 0 Å². The second-order valence-electron chi connectivity index (χ2n) is 8.37. The largest absolute Gasteiger partial charge is 0.346 e. The van der Waals surface area contributed by atoms with E-state index in [-0.39, 0.29) is 17.8 Å². The quantitative estimate of drug-likeness (QED) is 0.548. The van der Waals surface area contributed by atoms with Gasteiger partial charge in [0.2, 0.25) is 5.91 Å². The Morgan fingerprint density at radius 1 is 1.10 bits per heavy atom. The zero-order valence-corrected chi connectivity index (χ0v) is 18.8. The molecule has 1 N–H and O–H groups in total. The van der Waals surface area contributed by atoms with Crippen molar-refractivity contribution >= 4 is 17.7 Å². The van der Waals surface area contributed by atoms with Crippen molar-refractivity contribution in [2.45, 2.75) is 51.6 Å². The molecule has 3 rings (SSSR count). The fourth-order valence-electron chi connectivity index (χ4n) is 2.80. The molecular formula is C23H27FN4OS. The standard InChI is InChI=1S/C23H27FN4OS/c1-15-6-12-19(13-7-15)28-20(16(2)25-21(29)23(3,4)5)26-27-22(28)30-14-17-8-10-18(24)11-9-17/h6-13,16H,14H2,1-5H3,(H,25,29). The molecule has 0 aliphatic heterocycles. The number of hydrogen-bond donors (Lipinski definition) is 1. The Balaban J connectivity index is 1.91. The minimum Gasteiger partial charge on any atom is -0.346 e. The molecule has 1 aromatic heterocycles. The third kappa shape index (κ3) is 5.27. The smallest absolute Gasteiger partial charge is 0.225 e. The number of halogens is 1. The molecule has 1 atom stereocenters. The Morgan fingerprint density at radius 2 is 1.73 bits per heavy atom. The number of aryl methyl sites for hydroxylation is 1. The third-order valence-electron chi connectivity index (χ3n) is 4.65. The average molecular weight is 427 g/mol. The van der Waals surface area contributed by atoms with Gasteiger partial charge in [-0.25, -0.2) is 4.39 Å². The molecule has 0 saturated carbocycles. The molecule has 0 radical (unpaired) electrons. The first kappa shape index (κ1) is 22.0. The van der Waals surface area contributed by atoms with Gasteiger partial charge in [0.1, 0.15) is 5.82 Å². The minimum absolute atomic E-state index is 0.0472. The van der Waals surface area contributed by atoms with E-state index in [0.29, 0.717) is 11.6 Å². The number of nitrogens with one attached hydrogen (secondary N) is 1. The minimum atomic E-state index is -0.497. The van der Waals surface area contributed by atoms with Crippen molar-refractivity contribution in [3.8, 4) is 5.69 Å². The van der Waals surface area contributed by atoms with Gasteiger partial charge in [-0.05, 0) is 43.7 Å². The zero-order chi connectivity index (χ0) is 21.9. The lowest BCUT2D eigenvalue weighted by molar-refractivity contribution is -0.129. The van der Waals surface area contributed by atoms with Crippen LogP contribution in [-0.2, 0) is 10.5 Å². The summed E-state index contributed by atoms with van der Waals surface area (Å²) in [6.07, 6.45) is 0. The van der Waals surface area contributed by atoms with Gasteiger partial charge in [0.25, 0.3) is 0 Å². The molecule has 5 nitrogen and oxygen atoms in total. The first-order valence-corrected chi connectivity index (χ1v) is 10.8. The fourth-order valence-corrected chi connectivity index (χ4v) is 3.71. The molecule has 3 aromatic rings. The molecule has 0 aliphatic carbocycles. The highest BCUT2D eigenvalue weighted by Gasteiger charge is 2.26. The van der Waals surface area contributed by atoms with Gasteiger partial charge in [-0.2, -0.15) is 0 Å². The summed E-state index contributed by atoms with van der Waals surface area (Å²) in [7, 11) is 0. The van der Waals surface area contributed by atoms with Crippen molar-refractivity contribution in [1.82, 2.24) is 20.1 Å². The summed E-state index contributed by atoms with van der Waals surface area (Å²) in [6, 6.07) is 14.2. The predicted octanol–water partition coefficient (Wildman–Crippen LogP) is 5.23. The van der Waals surface area contributed by atoms with Gasteiger partial charge in [0.15, 0.2) is 11.0 Å². The lowest BCUT2D eigenvalue weighted by atomic mass is 9.95. The van der Waals surface area contributed by atoms with Crippen molar-refractivity contribution in [3.05, 3.63) is 71.3 Å². The second-order valence-corrected chi connectivity index (χ2v) is 9.31. The number of aromatic nitrogens is 3. The van der Waals surface area contributed by atoms with Gasteiger partial charge in [0.05, 0.1) is 6.04 Å². The summed E-state index contributed by atoms with van der Waals surface area (Å²) < 4.78 is 15.2. The Bertz CT molecular complexity index is 1010. The molecule has 1 amide bonds. The van der Waals surface area contributed by atoms with Crippen LogP contribution in [-0.4, -0.2) is 20.7 Å². The SMILES string of the molecule is Cc1ccc(-n2c(SCc3ccc(F)cc3)nnc2C(C)NC(=O)C(C)(C)C)cc1. The molecule has 0 spiro atoms. The van der Waals surface area contributed by atoms with Gasteiger partial charge in [0, 0.05) is 16.9 Å². The summed E-state index contributed by atoms with van der Waals surface area (Å²) in [5.74, 6) is 0.997. The molecule has 30 heavy (non-hydrogen) atoms. The summed E-state index contributed by atoms with van der Waals surface area (Å²) in [5, 5.41) is 12.5. The van der Waals surface area contributed by atoms with E-state index in [1.807, 2.05) is 63.5 Å². The Hall–Kier alpha value is -2.67. The normalized spacial score (nSPS) is 12.6. The van der Waals surface area contributed by atoms with Crippen LogP contribution in [0.1, 0.15) is 50.7 Å². The molecule has 0 aliphatic rings. The second kappa shape index (κ2) is 9.00. The molecule has 1 unspecified atom stereocenters. The van der Waals surface area contributed by atoms with Crippen LogP contribution in [0.4, 0.5) is 4.39 Å². The third-order valence-corrected chi connectivity index (χ3v) is 5.65. The Kier molecular flexibility index (Phi) is 6.61. The van der Waals surface area contributed by atoms with E-state index in [1.165, 1.54) is 23.9 Å². The van der Waals surface area contributed by atoms with E-state index in [2.05, 4.69) is 15.5 Å². The maximum absolute atomic E-state index is 13.2. The molecular weight excluding hydrogens is 399 g/mol. The van der Waals surface area contributed by atoms with E-state index in [9.17, 15) is 9.18 Å². The predicted molar refractivity (Wildman–Crippen MR) is 118 cm³/mol. The van der Waals surface area contributed by atoms with Crippen LogP contribution < -0.4 is 5.32 Å². The maximum Gasteiger partial charge on any atom is 0.225 e. The van der Waals surface area contributed by atoms with Crippen LogP contribution in [0.25, 0.3) is 5.69 Å². The van der Waals surface area contributed by atoms with Crippen LogP contribution >= 0.6 is 11.8 Å². The average Bonchev–Trinajstić information content (AvgIpc) is 3.11. The summed E-state index contributed by atoms with van der Waals surface area (Å²) in [6.45, 7) is 9.58. The highest BCUT2D eigenvalue weighted by atomic mass is 32.2. The fraction of sp³-hybridized carbons (Fsp3) is 0.348. The summed E-state index contributed by atoms with van der Waals surface area (Å²) in [4.78, 5) is 12.5. The highest BCUT2D eigenvalue weighted by Crippen LogP contribution is 2.28. The van der Waals surface area contributed by atoms with Crippen molar-refractivity contribution in [2.75, 3.05) is 0 Å². The van der Waals surface area contributed by atoms with Crippen molar-refractivity contribution in [2.24, 2.45) is 5.41 Å². The van der Waals surface area contributed by atoms with Gasteiger partial charge >= 0.3 is 0 Å². The van der Waals surface area contributed by atoms with Gasteiger partial charge < -0.3 is 5.32 Å². The van der Waals surface area contributed by atoms with Gasteiger partial charge in [-0.3, -0.25) is 9.36 Å². The number of thioether (sulfide) groups is 1. The number of nitrogens with zero attached hydrogens (tertiary/aromatic N) is 3. The van der Waals surface area contributed by atoms with Crippen LogP contribution in [0.15, 0.2) is 53.7 Å². The Labute approximate surface area is 181 Å².